The minimum Gasteiger partial charge on any atom is -0.370 e. The predicted molar refractivity (Wildman–Crippen MR) is 125 cm³/mol. The lowest BCUT2D eigenvalue weighted by atomic mass is 10.1. The van der Waals surface area contributed by atoms with E-state index in [1.165, 1.54) is 32.1 Å². The van der Waals surface area contributed by atoms with E-state index < -0.39 is 5.91 Å². The summed E-state index contributed by atoms with van der Waals surface area (Å²) in [4.78, 5) is 22.9. The molecule has 0 spiro atoms. The van der Waals surface area contributed by atoms with Crippen LogP contribution in [0.25, 0.3) is 0 Å². The molecule has 0 bridgehead atoms. The zero-order valence-corrected chi connectivity index (χ0v) is 19.1. The zero-order chi connectivity index (χ0) is 22.3. The molecular weight excluding hydrogens is 380 g/mol. The average Bonchev–Trinajstić information content (AvgIpc) is 2.72. The maximum Gasteiger partial charge on any atom is 0.234 e. The third-order valence-corrected chi connectivity index (χ3v) is 5.10. The first-order chi connectivity index (χ1) is 14.6. The van der Waals surface area contributed by atoms with Crippen LogP contribution >= 0.6 is 0 Å². The van der Waals surface area contributed by atoms with Crippen molar-refractivity contribution < 1.29 is 9.59 Å². The summed E-state index contributed by atoms with van der Waals surface area (Å²) in [6, 6.07) is 0. The molecule has 0 aromatic heterocycles. The third kappa shape index (κ3) is 21.5. The molecule has 0 rings (SSSR count). The minimum atomic E-state index is -0.442. The van der Waals surface area contributed by atoms with Crippen LogP contribution in [0.2, 0.25) is 0 Å². The molecular formula is C22H48N6O2. The fourth-order valence-electron chi connectivity index (χ4n) is 3.27. The number of nitrogens with two attached hydrogens (primary N) is 3. The zero-order valence-electron chi connectivity index (χ0n) is 19.1. The maximum atomic E-state index is 12.0. The second-order valence-corrected chi connectivity index (χ2v) is 8.06. The van der Waals surface area contributed by atoms with Crippen molar-refractivity contribution in [2.24, 2.45) is 17.2 Å². The summed E-state index contributed by atoms with van der Waals surface area (Å²) in [5.41, 5.74) is 19.1. The van der Waals surface area contributed by atoms with E-state index in [1.54, 1.807) is 0 Å². The van der Waals surface area contributed by atoms with Crippen molar-refractivity contribution >= 4 is 11.8 Å². The van der Waals surface area contributed by atoms with Crippen molar-refractivity contribution in [1.29, 1.82) is 0 Å². The van der Waals surface area contributed by atoms with Crippen molar-refractivity contribution in [3.05, 3.63) is 0 Å². The highest BCUT2D eigenvalue weighted by Gasteiger charge is 2.10. The topological polar surface area (TPSA) is 140 Å². The standard InChI is InChI=1S/C22H48N6O2/c23-15-7-1-3-9-17-26-18-10-4-6-12-20-28(19-11-5-2-8-16-24)27-22(30)14-13-21(25)29/h26H,1-20,23-24H2,(H2,25,29)(H,27,30). The molecule has 30 heavy (non-hydrogen) atoms. The Hall–Kier alpha value is -1.22. The van der Waals surface area contributed by atoms with Crippen LogP contribution in [0.15, 0.2) is 0 Å². The highest BCUT2D eigenvalue weighted by atomic mass is 16.2. The van der Waals surface area contributed by atoms with Crippen LogP contribution in [0.5, 0.6) is 0 Å². The Kier molecular flexibility index (Phi) is 21.6. The van der Waals surface area contributed by atoms with Gasteiger partial charge in [0, 0.05) is 25.9 Å². The molecule has 0 atom stereocenters. The SMILES string of the molecule is NCCCCCCNCCCCCCN(CCCCCCN)NC(=O)CCC(N)=O. The van der Waals surface area contributed by atoms with Crippen LogP contribution < -0.4 is 27.9 Å². The van der Waals surface area contributed by atoms with E-state index in [9.17, 15) is 9.59 Å². The number of hydrogen-bond acceptors (Lipinski definition) is 6. The lowest BCUT2D eigenvalue weighted by Gasteiger charge is -2.23. The number of hydrazine groups is 1. The van der Waals surface area contributed by atoms with Gasteiger partial charge in [-0.2, -0.15) is 0 Å². The quantitative estimate of drug-likeness (QED) is 0.124. The summed E-state index contributed by atoms with van der Waals surface area (Å²) in [6.07, 6.45) is 14.0. The van der Waals surface area contributed by atoms with Crippen LogP contribution in [0.1, 0.15) is 89.9 Å². The number of carbonyl (C=O) groups is 2. The molecule has 0 heterocycles. The largest absolute Gasteiger partial charge is 0.370 e. The molecule has 0 aliphatic heterocycles. The van der Waals surface area contributed by atoms with Gasteiger partial charge in [0.2, 0.25) is 11.8 Å². The molecule has 0 aliphatic rings. The summed E-state index contributed by atoms with van der Waals surface area (Å²) in [7, 11) is 0. The summed E-state index contributed by atoms with van der Waals surface area (Å²) in [6.45, 7) is 5.38. The van der Waals surface area contributed by atoms with E-state index in [2.05, 4.69) is 10.7 Å². The molecule has 2 amide bonds. The van der Waals surface area contributed by atoms with E-state index in [0.29, 0.717) is 0 Å². The van der Waals surface area contributed by atoms with Crippen LogP contribution in [0.4, 0.5) is 0 Å². The highest BCUT2D eigenvalue weighted by molar-refractivity contribution is 5.82. The molecule has 0 saturated heterocycles. The molecule has 0 aliphatic carbocycles. The average molecular weight is 429 g/mol. The van der Waals surface area contributed by atoms with Gasteiger partial charge in [-0.1, -0.05) is 38.5 Å². The first kappa shape index (κ1) is 28.8. The van der Waals surface area contributed by atoms with Gasteiger partial charge in [-0.15, -0.1) is 0 Å². The van der Waals surface area contributed by atoms with E-state index in [-0.39, 0.29) is 18.7 Å². The highest BCUT2D eigenvalue weighted by Crippen LogP contribution is 2.05. The van der Waals surface area contributed by atoms with E-state index in [0.717, 1.165) is 84.2 Å². The molecule has 178 valence electrons. The van der Waals surface area contributed by atoms with Crippen molar-refractivity contribution in [1.82, 2.24) is 15.8 Å². The van der Waals surface area contributed by atoms with Gasteiger partial charge in [0.25, 0.3) is 0 Å². The summed E-state index contributed by atoms with van der Waals surface area (Å²) >= 11 is 0. The first-order valence-electron chi connectivity index (χ1n) is 12.0. The Bertz CT molecular complexity index is 409. The Labute approximate surface area is 184 Å². The van der Waals surface area contributed by atoms with Crippen molar-refractivity contribution in [3.8, 4) is 0 Å². The van der Waals surface area contributed by atoms with Gasteiger partial charge in [-0.3, -0.25) is 15.0 Å². The van der Waals surface area contributed by atoms with Gasteiger partial charge in [-0.05, 0) is 64.7 Å². The van der Waals surface area contributed by atoms with Crippen LogP contribution in [-0.4, -0.2) is 56.1 Å². The third-order valence-electron chi connectivity index (χ3n) is 5.10. The Morgan fingerprint density at radius 3 is 1.57 bits per heavy atom. The molecule has 8 N–H and O–H groups in total. The smallest absolute Gasteiger partial charge is 0.234 e. The van der Waals surface area contributed by atoms with Gasteiger partial charge < -0.3 is 22.5 Å². The lowest BCUT2D eigenvalue weighted by molar-refractivity contribution is -0.128. The van der Waals surface area contributed by atoms with Gasteiger partial charge in [0.05, 0.1) is 0 Å². The molecule has 0 aromatic rings. The normalized spacial score (nSPS) is 11.2. The summed E-state index contributed by atoms with van der Waals surface area (Å²) in [5, 5.41) is 5.52. The first-order valence-corrected chi connectivity index (χ1v) is 12.0. The number of primary amides is 1. The lowest BCUT2D eigenvalue weighted by Crippen LogP contribution is -2.43. The van der Waals surface area contributed by atoms with Crippen molar-refractivity contribution in [3.63, 3.8) is 0 Å². The Balaban J connectivity index is 3.85. The van der Waals surface area contributed by atoms with E-state index in [1.807, 2.05) is 5.01 Å². The summed E-state index contributed by atoms with van der Waals surface area (Å²) < 4.78 is 0. The Morgan fingerprint density at radius 2 is 1.10 bits per heavy atom. The second-order valence-electron chi connectivity index (χ2n) is 8.06. The van der Waals surface area contributed by atoms with E-state index in [4.69, 9.17) is 17.2 Å². The summed E-state index contributed by atoms with van der Waals surface area (Å²) in [5.74, 6) is -0.575. The number of rotatable bonds is 23. The molecule has 0 radical (unpaired) electrons. The number of unbranched alkanes of at least 4 members (excludes halogenated alkanes) is 9. The molecule has 0 unspecified atom stereocenters. The van der Waals surface area contributed by atoms with Crippen LogP contribution in [-0.2, 0) is 9.59 Å². The van der Waals surface area contributed by atoms with E-state index >= 15 is 0 Å². The molecule has 8 heteroatoms. The fourth-order valence-corrected chi connectivity index (χ4v) is 3.27. The van der Waals surface area contributed by atoms with Crippen LogP contribution in [0, 0.1) is 0 Å². The van der Waals surface area contributed by atoms with Crippen molar-refractivity contribution in [2.45, 2.75) is 89.9 Å². The predicted octanol–water partition coefficient (Wildman–Crippen LogP) is 1.77. The van der Waals surface area contributed by atoms with Gasteiger partial charge in [0.15, 0.2) is 0 Å². The molecule has 0 fully saturated rings. The van der Waals surface area contributed by atoms with Gasteiger partial charge in [0.1, 0.15) is 0 Å². The minimum absolute atomic E-state index is 0.0934. The van der Waals surface area contributed by atoms with Gasteiger partial charge in [-0.25, -0.2) is 5.01 Å². The second kappa shape index (κ2) is 22.5. The molecule has 0 aromatic carbocycles. The van der Waals surface area contributed by atoms with Crippen LogP contribution in [0.3, 0.4) is 0 Å². The number of hydrogen-bond donors (Lipinski definition) is 5. The Morgan fingerprint density at radius 1 is 0.633 bits per heavy atom. The molecule has 0 saturated carbocycles. The number of amides is 2. The van der Waals surface area contributed by atoms with Gasteiger partial charge >= 0.3 is 0 Å². The number of nitrogens with zero attached hydrogens (tertiary/aromatic N) is 1. The monoisotopic (exact) mass is 428 g/mol. The number of carbonyl (C=O) groups excluding carboxylic acids is 2. The van der Waals surface area contributed by atoms with Crippen molar-refractivity contribution in [2.75, 3.05) is 39.3 Å². The maximum absolute atomic E-state index is 12.0. The fraction of sp³-hybridized carbons (Fsp3) is 0.909. The number of nitrogens with one attached hydrogen (secondary N) is 2. The molecule has 8 nitrogen and oxygen atoms in total.